The fraction of sp³-hybridized carbons (Fsp3) is 0.333. The van der Waals surface area contributed by atoms with E-state index in [1.807, 2.05) is 0 Å². The number of aryl methyl sites for hydroxylation is 1. The predicted octanol–water partition coefficient (Wildman–Crippen LogP) is 1.98. The highest BCUT2D eigenvalue weighted by molar-refractivity contribution is 5.76. The van der Waals surface area contributed by atoms with Crippen LogP contribution in [0.2, 0.25) is 0 Å². The van der Waals surface area contributed by atoms with Crippen molar-refractivity contribution in [2.24, 2.45) is 13.0 Å². The van der Waals surface area contributed by atoms with Crippen LogP contribution < -0.4 is 0 Å². The molecular weight excluding hydrogens is 223 g/mol. The summed E-state index contributed by atoms with van der Waals surface area (Å²) in [7, 11) is 1.76. The van der Waals surface area contributed by atoms with Crippen molar-refractivity contribution < 1.29 is 14.3 Å². The van der Waals surface area contributed by atoms with Crippen molar-refractivity contribution in [2.75, 3.05) is 0 Å². The molecule has 0 fully saturated rings. The van der Waals surface area contributed by atoms with Gasteiger partial charge in [-0.2, -0.15) is 0 Å². The largest absolute Gasteiger partial charge is 0.481 e. The lowest BCUT2D eigenvalue weighted by atomic mass is 10.1. The Labute approximate surface area is 97.7 Å². The molecule has 90 valence electrons. The van der Waals surface area contributed by atoms with Crippen LogP contribution in [0.4, 0.5) is 4.39 Å². The summed E-state index contributed by atoms with van der Waals surface area (Å²) in [5, 5.41) is 8.86. The molecule has 1 unspecified atom stereocenters. The lowest BCUT2D eigenvalue weighted by molar-refractivity contribution is -0.141. The minimum absolute atomic E-state index is 0.321. The van der Waals surface area contributed by atoms with Crippen LogP contribution in [0.5, 0.6) is 0 Å². The van der Waals surface area contributed by atoms with Gasteiger partial charge in [-0.05, 0) is 18.2 Å². The molecule has 17 heavy (non-hydrogen) atoms. The summed E-state index contributed by atoms with van der Waals surface area (Å²) in [4.78, 5) is 15.1. The van der Waals surface area contributed by atoms with Crippen molar-refractivity contribution in [1.82, 2.24) is 9.55 Å². The molecule has 4 nitrogen and oxygen atoms in total. The van der Waals surface area contributed by atoms with Gasteiger partial charge in [-0.25, -0.2) is 9.37 Å². The molecule has 0 aliphatic carbocycles. The first kappa shape index (κ1) is 11.6. The van der Waals surface area contributed by atoms with Crippen LogP contribution in [0.25, 0.3) is 11.0 Å². The lowest BCUT2D eigenvalue weighted by Crippen LogP contribution is -2.14. The van der Waals surface area contributed by atoms with E-state index in [1.165, 1.54) is 12.1 Å². The Bertz CT molecular complexity index is 577. The van der Waals surface area contributed by atoms with Crippen molar-refractivity contribution in [1.29, 1.82) is 0 Å². The minimum Gasteiger partial charge on any atom is -0.481 e. The molecule has 0 radical (unpaired) electrons. The Morgan fingerprint density at radius 1 is 1.59 bits per heavy atom. The molecule has 1 aromatic carbocycles. The topological polar surface area (TPSA) is 55.1 Å². The van der Waals surface area contributed by atoms with Crippen LogP contribution >= 0.6 is 0 Å². The fourth-order valence-corrected chi connectivity index (χ4v) is 1.76. The van der Waals surface area contributed by atoms with E-state index in [9.17, 15) is 9.18 Å². The number of carboxylic acids is 1. The highest BCUT2D eigenvalue weighted by atomic mass is 19.1. The molecule has 2 rings (SSSR count). The number of carboxylic acid groups (broad SMARTS) is 1. The number of fused-ring (bicyclic) bond motifs is 1. The van der Waals surface area contributed by atoms with Crippen LogP contribution in [0.3, 0.4) is 0 Å². The number of halogens is 1. The van der Waals surface area contributed by atoms with Gasteiger partial charge in [-0.3, -0.25) is 4.79 Å². The van der Waals surface area contributed by atoms with Crippen LogP contribution in [0.15, 0.2) is 18.2 Å². The van der Waals surface area contributed by atoms with E-state index >= 15 is 0 Å². The first-order valence-electron chi connectivity index (χ1n) is 5.32. The Hall–Kier alpha value is -1.91. The maximum atomic E-state index is 13.1. The zero-order valence-corrected chi connectivity index (χ0v) is 9.64. The number of hydrogen-bond donors (Lipinski definition) is 1. The van der Waals surface area contributed by atoms with Crippen LogP contribution in [0, 0.1) is 11.7 Å². The van der Waals surface area contributed by atoms with Gasteiger partial charge in [-0.1, -0.05) is 6.92 Å². The predicted molar refractivity (Wildman–Crippen MR) is 61.2 cm³/mol. The second-order valence-electron chi connectivity index (χ2n) is 4.16. The van der Waals surface area contributed by atoms with Crippen LogP contribution in [-0.4, -0.2) is 20.6 Å². The van der Waals surface area contributed by atoms with Gasteiger partial charge in [0.15, 0.2) is 0 Å². The molecule has 0 saturated heterocycles. The van der Waals surface area contributed by atoms with Gasteiger partial charge in [0.05, 0.1) is 17.0 Å². The van der Waals surface area contributed by atoms with Crippen molar-refractivity contribution in [3.63, 3.8) is 0 Å². The molecule has 0 spiro atoms. The maximum absolute atomic E-state index is 13.1. The smallest absolute Gasteiger partial charge is 0.306 e. The number of imidazole rings is 1. The van der Waals surface area contributed by atoms with Crippen molar-refractivity contribution in [3.8, 4) is 0 Å². The van der Waals surface area contributed by atoms with Crippen molar-refractivity contribution in [2.45, 2.75) is 13.3 Å². The van der Waals surface area contributed by atoms with Gasteiger partial charge in [0.1, 0.15) is 11.6 Å². The number of nitrogens with zero attached hydrogens (tertiary/aromatic N) is 2. The summed E-state index contributed by atoms with van der Waals surface area (Å²) in [6, 6.07) is 4.34. The number of aliphatic carboxylic acids is 1. The van der Waals surface area contributed by atoms with Gasteiger partial charge in [0.2, 0.25) is 0 Å². The van der Waals surface area contributed by atoms with E-state index in [4.69, 9.17) is 5.11 Å². The van der Waals surface area contributed by atoms with Crippen molar-refractivity contribution >= 4 is 17.0 Å². The highest BCUT2D eigenvalue weighted by Crippen LogP contribution is 2.18. The summed E-state index contributed by atoms with van der Waals surface area (Å²) in [6.45, 7) is 1.63. The van der Waals surface area contributed by atoms with Gasteiger partial charge >= 0.3 is 5.97 Å². The second-order valence-corrected chi connectivity index (χ2v) is 4.16. The third-order valence-corrected chi connectivity index (χ3v) is 2.85. The van der Waals surface area contributed by atoms with E-state index in [0.717, 1.165) is 0 Å². The third-order valence-electron chi connectivity index (χ3n) is 2.85. The quantitative estimate of drug-likeness (QED) is 0.886. The molecule has 0 aliphatic rings. The van der Waals surface area contributed by atoms with E-state index in [0.29, 0.717) is 23.3 Å². The summed E-state index contributed by atoms with van der Waals surface area (Å²) in [5.41, 5.74) is 1.36. The second kappa shape index (κ2) is 4.16. The monoisotopic (exact) mass is 236 g/mol. The molecule has 0 amide bonds. The zero-order chi connectivity index (χ0) is 12.6. The SMILES string of the molecule is CC(Cc1nc2ccc(F)cc2n1C)C(=O)O. The van der Waals surface area contributed by atoms with Crippen LogP contribution in [-0.2, 0) is 18.3 Å². The zero-order valence-electron chi connectivity index (χ0n) is 9.64. The molecule has 1 atom stereocenters. The summed E-state index contributed by atoms with van der Waals surface area (Å²) < 4.78 is 14.8. The molecular formula is C12H13FN2O2. The average molecular weight is 236 g/mol. The summed E-state index contributed by atoms with van der Waals surface area (Å²) in [6.07, 6.45) is 0.335. The molecule has 2 aromatic rings. The molecule has 0 aliphatic heterocycles. The summed E-state index contributed by atoms with van der Waals surface area (Å²) in [5.74, 6) is -1.03. The minimum atomic E-state index is -0.858. The average Bonchev–Trinajstić information content (AvgIpc) is 2.56. The normalized spacial score (nSPS) is 12.9. The Morgan fingerprint density at radius 3 is 2.94 bits per heavy atom. The molecule has 5 heteroatoms. The van der Waals surface area contributed by atoms with E-state index in [2.05, 4.69) is 4.98 Å². The van der Waals surface area contributed by atoms with E-state index < -0.39 is 11.9 Å². The van der Waals surface area contributed by atoms with E-state index in [1.54, 1.807) is 24.6 Å². The molecule has 1 N–H and O–H groups in total. The molecule has 1 heterocycles. The number of benzene rings is 1. The first-order chi connectivity index (χ1) is 7.99. The van der Waals surface area contributed by atoms with Gasteiger partial charge in [0, 0.05) is 13.5 Å². The van der Waals surface area contributed by atoms with Gasteiger partial charge < -0.3 is 9.67 Å². The summed E-state index contributed by atoms with van der Waals surface area (Å²) >= 11 is 0. The van der Waals surface area contributed by atoms with Gasteiger partial charge in [-0.15, -0.1) is 0 Å². The number of aromatic nitrogens is 2. The van der Waals surface area contributed by atoms with Crippen LogP contribution in [0.1, 0.15) is 12.7 Å². The Kier molecular flexibility index (Phi) is 2.83. The van der Waals surface area contributed by atoms with Crippen molar-refractivity contribution in [3.05, 3.63) is 29.8 Å². The number of rotatable bonds is 3. The molecule has 1 aromatic heterocycles. The van der Waals surface area contributed by atoms with Gasteiger partial charge in [0.25, 0.3) is 0 Å². The third kappa shape index (κ3) is 2.13. The first-order valence-corrected chi connectivity index (χ1v) is 5.32. The maximum Gasteiger partial charge on any atom is 0.306 e. The number of carbonyl (C=O) groups is 1. The molecule has 0 saturated carbocycles. The highest BCUT2D eigenvalue weighted by Gasteiger charge is 2.16. The fourth-order valence-electron chi connectivity index (χ4n) is 1.76. The number of hydrogen-bond acceptors (Lipinski definition) is 2. The molecule has 0 bridgehead atoms. The van der Waals surface area contributed by atoms with E-state index in [-0.39, 0.29) is 5.82 Å². The Balaban J connectivity index is 2.42. The standard InChI is InChI=1S/C12H13FN2O2/c1-7(12(16)17)5-11-14-9-4-3-8(13)6-10(9)15(11)2/h3-4,6-7H,5H2,1-2H3,(H,16,17). The lowest BCUT2D eigenvalue weighted by Gasteiger charge is -2.05. The Morgan fingerprint density at radius 2 is 2.29 bits per heavy atom.